The predicted molar refractivity (Wildman–Crippen MR) is 150 cm³/mol. The van der Waals surface area contributed by atoms with E-state index in [0.29, 0.717) is 0 Å². The number of hydrogen-bond acceptors (Lipinski definition) is 7. The van der Waals surface area contributed by atoms with E-state index in [9.17, 15) is 0 Å². The van der Waals surface area contributed by atoms with Gasteiger partial charge in [0.25, 0.3) is 0 Å². The average molecular weight is 505 g/mol. The lowest BCUT2D eigenvalue weighted by Gasteiger charge is -2.52. The molecule has 0 fully saturated rings. The van der Waals surface area contributed by atoms with Crippen LogP contribution >= 0.6 is 0 Å². The first kappa shape index (κ1) is 33.2. The molecule has 9 heteroatoms. The minimum atomic E-state index is -3.01. The average Bonchev–Trinajstić information content (AvgIpc) is 2.20. The molecule has 0 rings (SSSR count). The summed E-state index contributed by atoms with van der Waals surface area (Å²) in [4.78, 5) is 23.4. The van der Waals surface area contributed by atoms with Crippen LogP contribution in [0.4, 0.5) is 0 Å². The number of rotatable bonds is 8. The molecule has 0 aromatic heterocycles. The quantitative estimate of drug-likeness (QED) is 0.276. The Labute approximate surface area is 209 Å². The number of nitrogens with one attached hydrogen (secondary N) is 6. The molecule has 7 nitrogen and oxygen atoms in total. The van der Waals surface area contributed by atoms with E-state index in [1.54, 1.807) is 0 Å². The molecule has 0 unspecified atom stereocenters. The summed E-state index contributed by atoms with van der Waals surface area (Å²) in [5.41, 5.74) is -1.04. The highest BCUT2D eigenvalue weighted by Crippen LogP contribution is 2.20. The highest BCUT2D eigenvalue weighted by atomic mass is 28.5. The maximum absolute atomic E-state index is 7.49. The summed E-state index contributed by atoms with van der Waals surface area (Å²) in [7, 11) is -6.02. The van der Waals surface area contributed by atoms with Crippen molar-refractivity contribution in [1.29, 1.82) is 0 Å². The van der Waals surface area contributed by atoms with E-state index in [-0.39, 0.29) is 33.2 Å². The van der Waals surface area contributed by atoms with Gasteiger partial charge < -0.3 is 4.12 Å². The molecule has 0 aromatic carbocycles. The molecule has 0 aliphatic carbocycles. The van der Waals surface area contributed by atoms with Crippen LogP contribution in [-0.2, 0) is 4.12 Å². The fraction of sp³-hybridized carbons (Fsp3) is 1.00. The van der Waals surface area contributed by atoms with E-state index >= 15 is 0 Å². The van der Waals surface area contributed by atoms with Crippen molar-refractivity contribution in [3.05, 3.63) is 0 Å². The first-order chi connectivity index (χ1) is 13.9. The van der Waals surface area contributed by atoms with Crippen LogP contribution in [-0.4, -0.2) is 50.8 Å². The topological polar surface area (TPSA) is 81.4 Å². The Kier molecular flexibility index (Phi) is 10.3. The van der Waals surface area contributed by atoms with E-state index in [0.717, 1.165) is 0 Å². The summed E-state index contributed by atoms with van der Waals surface area (Å²) >= 11 is 0. The fourth-order valence-corrected chi connectivity index (χ4v) is 13.5. The normalized spacial score (nSPS) is 15.8. The molecule has 0 saturated heterocycles. The standard InChI is InChI=1S/C24H60N6OSi2/c1-19(2,3)25-32(26-20(4,5)6,27-21(7,8)9)31-33(28-22(10,11)12,29-23(13,14)15)30-24(16,17)18/h25-30H,1-18H3. The molecule has 0 heterocycles. The fourth-order valence-electron chi connectivity index (χ4n) is 3.74. The van der Waals surface area contributed by atoms with Crippen molar-refractivity contribution in [3.63, 3.8) is 0 Å². The molecule has 6 N–H and O–H groups in total. The van der Waals surface area contributed by atoms with Gasteiger partial charge in [-0.15, -0.1) is 0 Å². The first-order valence-corrected chi connectivity index (χ1v) is 16.2. The van der Waals surface area contributed by atoms with Crippen LogP contribution in [0.3, 0.4) is 0 Å². The van der Waals surface area contributed by atoms with E-state index < -0.39 is 17.6 Å². The Morgan fingerprint density at radius 2 is 0.424 bits per heavy atom. The van der Waals surface area contributed by atoms with E-state index in [1.165, 1.54) is 0 Å². The third-order valence-electron chi connectivity index (χ3n) is 3.61. The maximum atomic E-state index is 7.49. The molecule has 200 valence electrons. The van der Waals surface area contributed by atoms with E-state index in [4.69, 9.17) is 4.12 Å². The summed E-state index contributed by atoms with van der Waals surface area (Å²) in [6.45, 7) is 39.5. The lowest BCUT2D eigenvalue weighted by molar-refractivity contribution is 0.279. The van der Waals surface area contributed by atoms with Gasteiger partial charge in [-0.25, -0.2) is 0 Å². The largest absolute Gasteiger partial charge is 0.433 e. The monoisotopic (exact) mass is 504 g/mol. The zero-order valence-corrected chi connectivity index (χ0v) is 27.4. The van der Waals surface area contributed by atoms with Crippen molar-refractivity contribution in [3.8, 4) is 0 Å². The zero-order chi connectivity index (χ0) is 26.9. The lowest BCUT2D eigenvalue weighted by Crippen LogP contribution is -2.92. The third kappa shape index (κ3) is 16.5. The predicted octanol–water partition coefficient (Wildman–Crippen LogP) is 4.20. The first-order valence-electron chi connectivity index (χ1n) is 12.4. The Morgan fingerprint density at radius 1 is 0.303 bits per heavy atom. The highest BCUT2D eigenvalue weighted by molar-refractivity contribution is 6.80. The number of hydrogen-bond donors (Lipinski definition) is 6. The molecular formula is C24H60N6OSi2. The molecule has 0 aromatic rings. The van der Waals surface area contributed by atoms with Gasteiger partial charge >= 0.3 is 17.6 Å². The van der Waals surface area contributed by atoms with Gasteiger partial charge in [0.15, 0.2) is 0 Å². The van der Waals surface area contributed by atoms with Gasteiger partial charge in [0.05, 0.1) is 0 Å². The molecule has 0 spiro atoms. The minimum absolute atomic E-state index is 0.173. The van der Waals surface area contributed by atoms with Gasteiger partial charge in [0, 0.05) is 33.2 Å². The molecular weight excluding hydrogens is 444 g/mol. The SMILES string of the molecule is CC(C)(C)N[Si](NC(C)(C)C)(NC(C)(C)C)O[Si](NC(C)(C)C)(NC(C)(C)C)NC(C)(C)C. The Hall–Kier alpha value is 0.154. The van der Waals surface area contributed by atoms with Crippen LogP contribution in [0.15, 0.2) is 0 Å². The Bertz CT molecular complexity index is 478. The molecule has 0 amide bonds. The van der Waals surface area contributed by atoms with Gasteiger partial charge in [0.1, 0.15) is 0 Å². The Morgan fingerprint density at radius 3 is 0.515 bits per heavy atom. The van der Waals surface area contributed by atoms with Crippen LogP contribution in [0.25, 0.3) is 0 Å². The van der Waals surface area contributed by atoms with Gasteiger partial charge in [-0.05, 0) is 125 Å². The summed E-state index contributed by atoms with van der Waals surface area (Å²) in [6.07, 6.45) is 0. The summed E-state index contributed by atoms with van der Waals surface area (Å²) in [5, 5.41) is 0. The molecule has 0 atom stereocenters. The van der Waals surface area contributed by atoms with Crippen LogP contribution in [0, 0.1) is 0 Å². The zero-order valence-electron chi connectivity index (χ0n) is 25.4. The summed E-state index contributed by atoms with van der Waals surface area (Å²) < 4.78 is 7.49. The lowest BCUT2D eigenvalue weighted by atomic mass is 10.1. The van der Waals surface area contributed by atoms with Crippen molar-refractivity contribution < 1.29 is 4.12 Å². The maximum Gasteiger partial charge on any atom is 0.433 e. The van der Waals surface area contributed by atoms with E-state index in [2.05, 4.69) is 155 Å². The molecule has 33 heavy (non-hydrogen) atoms. The van der Waals surface area contributed by atoms with Gasteiger partial charge in [-0.3, -0.25) is 29.9 Å². The molecule has 0 saturated carbocycles. The van der Waals surface area contributed by atoms with Crippen molar-refractivity contribution in [2.45, 2.75) is 158 Å². The second kappa shape index (κ2) is 10.3. The summed E-state index contributed by atoms with van der Waals surface area (Å²) in [6, 6.07) is 0. The third-order valence-corrected chi connectivity index (χ3v) is 12.7. The smallest absolute Gasteiger partial charge is 0.385 e. The second-order valence-corrected chi connectivity index (χ2v) is 20.8. The molecule has 0 bridgehead atoms. The molecule has 0 radical (unpaired) electrons. The van der Waals surface area contributed by atoms with E-state index in [1.807, 2.05) is 0 Å². The van der Waals surface area contributed by atoms with Gasteiger partial charge in [0.2, 0.25) is 0 Å². The van der Waals surface area contributed by atoms with Crippen LogP contribution in [0.2, 0.25) is 0 Å². The summed E-state index contributed by atoms with van der Waals surface area (Å²) in [5.74, 6) is 0. The van der Waals surface area contributed by atoms with Crippen LogP contribution in [0.5, 0.6) is 0 Å². The molecule has 0 aliphatic rings. The van der Waals surface area contributed by atoms with Crippen molar-refractivity contribution in [2.24, 2.45) is 0 Å². The minimum Gasteiger partial charge on any atom is -0.385 e. The second-order valence-electron chi connectivity index (χ2n) is 15.7. The highest BCUT2D eigenvalue weighted by Gasteiger charge is 2.56. The Balaban J connectivity index is 7.07. The van der Waals surface area contributed by atoms with Crippen molar-refractivity contribution >= 4 is 17.6 Å². The van der Waals surface area contributed by atoms with Gasteiger partial charge in [-0.2, -0.15) is 0 Å². The van der Waals surface area contributed by atoms with Gasteiger partial charge in [-0.1, -0.05) is 0 Å². The van der Waals surface area contributed by atoms with Crippen molar-refractivity contribution in [1.82, 2.24) is 29.9 Å². The van der Waals surface area contributed by atoms with Crippen molar-refractivity contribution in [2.75, 3.05) is 0 Å². The van der Waals surface area contributed by atoms with Crippen LogP contribution < -0.4 is 29.9 Å². The molecule has 0 aliphatic heterocycles. The van der Waals surface area contributed by atoms with Crippen LogP contribution in [0.1, 0.15) is 125 Å².